The van der Waals surface area contributed by atoms with Gasteiger partial charge in [-0.15, -0.1) is 0 Å². The van der Waals surface area contributed by atoms with E-state index < -0.39 is 0 Å². The average molecular weight is 326 g/mol. The quantitative estimate of drug-likeness (QED) is 0.732. The van der Waals surface area contributed by atoms with E-state index in [-0.39, 0.29) is 22.9 Å². The van der Waals surface area contributed by atoms with Gasteiger partial charge in [0.05, 0.1) is 0 Å². The summed E-state index contributed by atoms with van der Waals surface area (Å²) in [5.74, 6) is 1.61. The topological polar surface area (TPSA) is 51.2 Å². The predicted octanol–water partition coefficient (Wildman–Crippen LogP) is 3.97. The molecule has 0 aliphatic heterocycles. The van der Waals surface area contributed by atoms with Crippen molar-refractivity contribution in [3.63, 3.8) is 0 Å². The second kappa shape index (κ2) is 5.50. The largest absolute Gasteiger partial charge is 0.299 e. The summed E-state index contributed by atoms with van der Waals surface area (Å²) in [5.41, 5.74) is 3.39. The molecule has 0 amide bonds. The SMILES string of the molecule is CC(=O)C1=C2CCC(=O)[C@H]3[C@@H](CCC4=CC(=O)CC[C@@]43C)[C@@H]2CC1. The molecule has 3 heteroatoms. The molecule has 0 radical (unpaired) electrons. The minimum atomic E-state index is -0.137. The Morgan fingerprint density at radius 1 is 1.08 bits per heavy atom. The summed E-state index contributed by atoms with van der Waals surface area (Å²) >= 11 is 0. The maximum absolute atomic E-state index is 13.1. The molecule has 0 aromatic carbocycles. The van der Waals surface area contributed by atoms with Crippen molar-refractivity contribution in [3.8, 4) is 0 Å². The van der Waals surface area contributed by atoms with Crippen LogP contribution in [0.4, 0.5) is 0 Å². The summed E-state index contributed by atoms with van der Waals surface area (Å²) in [6, 6.07) is 0. The number of ketones is 3. The number of carbonyl (C=O) groups is 3. The Balaban J connectivity index is 1.78. The van der Waals surface area contributed by atoms with Crippen LogP contribution >= 0.6 is 0 Å². The highest BCUT2D eigenvalue weighted by molar-refractivity contribution is 5.95. The highest BCUT2D eigenvalue weighted by Gasteiger charge is 2.54. The molecule has 3 nitrogen and oxygen atoms in total. The van der Waals surface area contributed by atoms with Crippen LogP contribution < -0.4 is 0 Å². The summed E-state index contributed by atoms with van der Waals surface area (Å²) in [7, 11) is 0. The van der Waals surface area contributed by atoms with E-state index in [0.29, 0.717) is 30.5 Å². The molecule has 4 aliphatic rings. The molecule has 0 heterocycles. The zero-order chi connectivity index (χ0) is 17.1. The standard InChI is InChI=1S/C21H26O3/c1-12(22)15-5-6-17-16(15)7-8-19(24)20-18(17)4-3-13-11-14(23)9-10-21(13,20)2/h11,17-18,20H,3-10H2,1-2H3/t17-,18+,20-,21+/m1/s1. The minimum absolute atomic E-state index is 0.0411. The Labute approximate surface area is 143 Å². The van der Waals surface area contributed by atoms with Gasteiger partial charge in [0, 0.05) is 18.8 Å². The van der Waals surface area contributed by atoms with Crippen LogP contribution in [0.15, 0.2) is 22.8 Å². The van der Waals surface area contributed by atoms with Gasteiger partial charge in [0.2, 0.25) is 0 Å². The highest BCUT2D eigenvalue weighted by Crippen LogP contribution is 2.59. The van der Waals surface area contributed by atoms with Crippen molar-refractivity contribution in [2.24, 2.45) is 23.2 Å². The summed E-state index contributed by atoms with van der Waals surface area (Å²) in [6.07, 6.45) is 8.43. The van der Waals surface area contributed by atoms with Gasteiger partial charge in [-0.2, -0.15) is 0 Å². The predicted molar refractivity (Wildman–Crippen MR) is 91.3 cm³/mol. The monoisotopic (exact) mass is 326 g/mol. The normalized spacial score (nSPS) is 38.9. The number of hydrogen-bond acceptors (Lipinski definition) is 3. The first-order valence-electron chi connectivity index (χ1n) is 9.41. The van der Waals surface area contributed by atoms with Gasteiger partial charge in [-0.25, -0.2) is 0 Å². The molecule has 2 saturated carbocycles. The number of hydrogen-bond donors (Lipinski definition) is 0. The number of rotatable bonds is 1. The van der Waals surface area contributed by atoms with E-state index >= 15 is 0 Å². The van der Waals surface area contributed by atoms with Crippen molar-refractivity contribution in [2.75, 3.05) is 0 Å². The molecule has 0 aromatic rings. The van der Waals surface area contributed by atoms with Crippen molar-refractivity contribution in [3.05, 3.63) is 22.8 Å². The zero-order valence-electron chi connectivity index (χ0n) is 14.7. The molecule has 0 aromatic heterocycles. The van der Waals surface area contributed by atoms with Gasteiger partial charge >= 0.3 is 0 Å². The van der Waals surface area contributed by atoms with Crippen LogP contribution in [0.3, 0.4) is 0 Å². The lowest BCUT2D eigenvalue weighted by Gasteiger charge is -2.50. The summed E-state index contributed by atoms with van der Waals surface area (Å²) in [6.45, 7) is 3.89. The van der Waals surface area contributed by atoms with E-state index in [9.17, 15) is 14.4 Å². The van der Waals surface area contributed by atoms with Crippen LogP contribution in [0.1, 0.15) is 65.2 Å². The molecule has 0 N–H and O–H groups in total. The van der Waals surface area contributed by atoms with Crippen LogP contribution in [0, 0.1) is 23.2 Å². The van der Waals surface area contributed by atoms with Gasteiger partial charge in [-0.05, 0) is 74.3 Å². The molecule has 4 aliphatic carbocycles. The molecule has 0 unspecified atom stereocenters. The Bertz CT molecular complexity index is 696. The van der Waals surface area contributed by atoms with Crippen molar-refractivity contribution in [2.45, 2.75) is 65.2 Å². The van der Waals surface area contributed by atoms with E-state index in [1.54, 1.807) is 6.92 Å². The fourth-order valence-electron chi connectivity index (χ4n) is 6.16. The van der Waals surface area contributed by atoms with Gasteiger partial charge in [-0.1, -0.05) is 18.1 Å². The maximum atomic E-state index is 13.1. The van der Waals surface area contributed by atoms with E-state index in [1.165, 1.54) is 11.1 Å². The number of allylic oxidation sites excluding steroid dienone is 4. The third kappa shape index (κ3) is 2.20. The van der Waals surface area contributed by atoms with E-state index in [4.69, 9.17) is 0 Å². The molecule has 4 atom stereocenters. The van der Waals surface area contributed by atoms with Crippen LogP contribution in [0.5, 0.6) is 0 Å². The number of carbonyl (C=O) groups excluding carboxylic acids is 3. The molecule has 24 heavy (non-hydrogen) atoms. The van der Waals surface area contributed by atoms with E-state index in [2.05, 4.69) is 6.92 Å². The molecule has 0 spiro atoms. The Kier molecular flexibility index (Phi) is 3.67. The van der Waals surface area contributed by atoms with Gasteiger partial charge in [0.15, 0.2) is 11.6 Å². The molecular weight excluding hydrogens is 300 g/mol. The number of Topliss-reactive ketones (excluding diaryl/α,β-unsaturated/α-hetero) is 2. The molecule has 2 fully saturated rings. The fraction of sp³-hybridized carbons (Fsp3) is 0.667. The maximum Gasteiger partial charge on any atom is 0.155 e. The molecule has 4 rings (SSSR count). The first-order chi connectivity index (χ1) is 11.4. The van der Waals surface area contributed by atoms with Crippen LogP contribution in [0.25, 0.3) is 0 Å². The summed E-state index contributed by atoms with van der Waals surface area (Å²) in [5, 5.41) is 0. The fourth-order valence-corrected chi connectivity index (χ4v) is 6.16. The Morgan fingerprint density at radius 2 is 1.88 bits per heavy atom. The van der Waals surface area contributed by atoms with E-state index in [0.717, 1.165) is 44.1 Å². The Hall–Kier alpha value is -1.51. The third-order valence-corrected chi connectivity index (χ3v) is 7.29. The van der Waals surface area contributed by atoms with Gasteiger partial charge in [-0.3, -0.25) is 14.4 Å². The molecular formula is C21H26O3. The first-order valence-corrected chi connectivity index (χ1v) is 9.41. The molecule has 0 bridgehead atoms. The summed E-state index contributed by atoms with van der Waals surface area (Å²) < 4.78 is 0. The minimum Gasteiger partial charge on any atom is -0.299 e. The lowest BCUT2D eigenvalue weighted by molar-refractivity contribution is -0.131. The summed E-state index contributed by atoms with van der Waals surface area (Å²) in [4.78, 5) is 36.9. The molecule has 128 valence electrons. The number of fused-ring (bicyclic) bond motifs is 5. The first kappa shape index (κ1) is 16.0. The zero-order valence-corrected chi connectivity index (χ0v) is 14.7. The van der Waals surface area contributed by atoms with Gasteiger partial charge in [0.1, 0.15) is 5.78 Å². The van der Waals surface area contributed by atoms with Crippen molar-refractivity contribution in [1.29, 1.82) is 0 Å². The Morgan fingerprint density at radius 3 is 2.62 bits per heavy atom. The lowest BCUT2D eigenvalue weighted by atomic mass is 9.53. The van der Waals surface area contributed by atoms with Crippen LogP contribution in [-0.2, 0) is 14.4 Å². The second-order valence-electron chi connectivity index (χ2n) is 8.41. The lowest BCUT2D eigenvalue weighted by Crippen LogP contribution is -2.46. The van der Waals surface area contributed by atoms with Crippen molar-refractivity contribution < 1.29 is 14.4 Å². The average Bonchev–Trinajstić information content (AvgIpc) is 2.90. The second-order valence-corrected chi connectivity index (χ2v) is 8.41. The van der Waals surface area contributed by atoms with Gasteiger partial charge < -0.3 is 0 Å². The van der Waals surface area contributed by atoms with Crippen LogP contribution in [-0.4, -0.2) is 17.3 Å². The van der Waals surface area contributed by atoms with Gasteiger partial charge in [0.25, 0.3) is 0 Å². The smallest absolute Gasteiger partial charge is 0.155 e. The van der Waals surface area contributed by atoms with Crippen LogP contribution in [0.2, 0.25) is 0 Å². The van der Waals surface area contributed by atoms with Crippen molar-refractivity contribution in [1.82, 2.24) is 0 Å². The van der Waals surface area contributed by atoms with E-state index in [1.807, 2.05) is 6.08 Å². The van der Waals surface area contributed by atoms with Crippen molar-refractivity contribution >= 4 is 17.3 Å². The molecule has 0 saturated heterocycles. The highest BCUT2D eigenvalue weighted by atomic mass is 16.1. The third-order valence-electron chi connectivity index (χ3n) is 7.29.